The van der Waals surface area contributed by atoms with Gasteiger partial charge in [-0.15, -0.1) is 0 Å². The van der Waals surface area contributed by atoms with Crippen molar-refractivity contribution < 1.29 is 31.9 Å². The maximum absolute atomic E-state index is 12.8. The Balaban J connectivity index is 2.93. The molecule has 0 aromatic heterocycles. The van der Waals surface area contributed by atoms with Gasteiger partial charge in [-0.1, -0.05) is 12.1 Å². The lowest BCUT2D eigenvalue weighted by Crippen LogP contribution is -2.13. The average molecular weight is 288 g/mol. The molecular formula is C12H8F4N2O2. The summed E-state index contributed by atoms with van der Waals surface area (Å²) in [6, 6.07) is 3.70. The van der Waals surface area contributed by atoms with Crippen LogP contribution >= 0.6 is 0 Å². The third-order valence-corrected chi connectivity index (χ3v) is 2.14. The summed E-state index contributed by atoms with van der Waals surface area (Å²) in [6.07, 6.45) is -3.65. The highest BCUT2D eigenvalue weighted by Crippen LogP contribution is 2.33. The molecule has 106 valence electrons. The summed E-state index contributed by atoms with van der Waals surface area (Å²) in [5.41, 5.74) is 6.69. The van der Waals surface area contributed by atoms with Gasteiger partial charge in [0.2, 0.25) is 0 Å². The van der Waals surface area contributed by atoms with Crippen LogP contribution in [-0.4, -0.2) is 29.8 Å². The first kappa shape index (κ1) is 15.6. The molecule has 0 amide bonds. The summed E-state index contributed by atoms with van der Waals surface area (Å²) in [4.78, 5) is 13.1. The summed E-state index contributed by atoms with van der Waals surface area (Å²) >= 11 is 0. The highest BCUT2D eigenvalue weighted by Gasteiger charge is 2.34. The molecule has 8 heteroatoms. The SMILES string of the molecule is [N-]=[N+]=CC(=O)OC/C=C(/c1ccc(F)cc1)C(F)(F)F. The lowest BCUT2D eigenvalue weighted by Gasteiger charge is -2.12. The molecule has 20 heavy (non-hydrogen) atoms. The zero-order chi connectivity index (χ0) is 15.2. The van der Waals surface area contributed by atoms with Crippen LogP contribution in [0.5, 0.6) is 0 Å². The number of hydrogen-bond donors (Lipinski definition) is 0. The molecule has 0 aliphatic rings. The van der Waals surface area contributed by atoms with E-state index < -0.39 is 30.1 Å². The molecule has 0 saturated carbocycles. The lowest BCUT2D eigenvalue weighted by atomic mass is 10.1. The van der Waals surface area contributed by atoms with Crippen molar-refractivity contribution in [2.45, 2.75) is 6.18 Å². The maximum Gasteiger partial charge on any atom is 0.416 e. The van der Waals surface area contributed by atoms with Crippen LogP contribution in [0.25, 0.3) is 11.1 Å². The van der Waals surface area contributed by atoms with Gasteiger partial charge in [0.1, 0.15) is 12.4 Å². The first-order chi connectivity index (χ1) is 9.34. The zero-order valence-corrected chi connectivity index (χ0v) is 9.89. The number of ether oxygens (including phenoxy) is 1. The predicted molar refractivity (Wildman–Crippen MR) is 61.1 cm³/mol. The Kier molecular flexibility index (Phi) is 5.16. The number of esters is 1. The number of carbonyl (C=O) groups is 1. The number of halogens is 4. The first-order valence-electron chi connectivity index (χ1n) is 5.22. The van der Waals surface area contributed by atoms with Crippen LogP contribution in [0, 0.1) is 5.82 Å². The van der Waals surface area contributed by atoms with E-state index in [1.165, 1.54) is 0 Å². The molecule has 0 unspecified atom stereocenters. The Morgan fingerprint density at radius 1 is 1.30 bits per heavy atom. The van der Waals surface area contributed by atoms with Gasteiger partial charge in [-0.2, -0.15) is 18.0 Å². The molecule has 0 spiro atoms. The van der Waals surface area contributed by atoms with Gasteiger partial charge >= 0.3 is 18.4 Å². The average Bonchev–Trinajstić information content (AvgIpc) is 2.35. The molecular weight excluding hydrogens is 280 g/mol. The fraction of sp³-hybridized carbons (Fsp3) is 0.167. The van der Waals surface area contributed by atoms with Crippen molar-refractivity contribution in [1.82, 2.24) is 0 Å². The number of hydrogen-bond acceptors (Lipinski definition) is 2. The fourth-order valence-corrected chi connectivity index (χ4v) is 1.32. The predicted octanol–water partition coefficient (Wildman–Crippen LogP) is 2.62. The second-order valence-corrected chi connectivity index (χ2v) is 3.50. The number of allylic oxidation sites excluding steroid dienone is 1. The van der Waals surface area contributed by atoms with Gasteiger partial charge < -0.3 is 10.3 Å². The van der Waals surface area contributed by atoms with Gasteiger partial charge in [-0.25, -0.2) is 9.18 Å². The van der Waals surface area contributed by atoms with E-state index in [0.717, 1.165) is 24.3 Å². The highest BCUT2D eigenvalue weighted by molar-refractivity contribution is 6.20. The Labute approximate surface area is 110 Å². The zero-order valence-electron chi connectivity index (χ0n) is 9.89. The molecule has 0 N–H and O–H groups in total. The number of alkyl halides is 3. The minimum absolute atomic E-state index is 0.259. The van der Waals surface area contributed by atoms with Crippen LogP contribution < -0.4 is 0 Å². The Hall–Kier alpha value is -2.47. The van der Waals surface area contributed by atoms with Crippen LogP contribution in [-0.2, 0) is 9.53 Å². The van der Waals surface area contributed by atoms with E-state index in [4.69, 9.17) is 5.53 Å². The quantitative estimate of drug-likeness (QED) is 0.281. The molecule has 1 aromatic carbocycles. The van der Waals surface area contributed by atoms with Gasteiger partial charge in [-0.3, -0.25) is 0 Å². The summed E-state index contributed by atoms with van der Waals surface area (Å²) in [5.74, 6) is -1.76. The topological polar surface area (TPSA) is 62.7 Å². The minimum atomic E-state index is -4.69. The van der Waals surface area contributed by atoms with Crippen LogP contribution in [0.3, 0.4) is 0 Å². The molecule has 0 radical (unpaired) electrons. The summed E-state index contributed by atoms with van der Waals surface area (Å²) in [6.45, 7) is -0.670. The van der Waals surface area contributed by atoms with E-state index in [0.29, 0.717) is 12.3 Å². The number of carbonyl (C=O) groups excluding carboxylic acids is 1. The molecule has 0 fully saturated rings. The lowest BCUT2D eigenvalue weighted by molar-refractivity contribution is -0.137. The summed E-state index contributed by atoms with van der Waals surface area (Å²) < 4.78 is 55.5. The van der Waals surface area contributed by atoms with Crippen molar-refractivity contribution in [1.29, 1.82) is 0 Å². The van der Waals surface area contributed by atoms with Gasteiger partial charge in [0, 0.05) is 0 Å². The summed E-state index contributed by atoms with van der Waals surface area (Å²) in [5, 5.41) is 0. The molecule has 4 nitrogen and oxygen atoms in total. The molecule has 0 atom stereocenters. The first-order valence-corrected chi connectivity index (χ1v) is 5.22. The second kappa shape index (κ2) is 6.63. The van der Waals surface area contributed by atoms with E-state index in [1.54, 1.807) is 0 Å². The normalized spacial score (nSPS) is 11.7. The fourth-order valence-electron chi connectivity index (χ4n) is 1.32. The molecule has 1 rings (SSSR count). The highest BCUT2D eigenvalue weighted by atomic mass is 19.4. The molecule has 0 saturated heterocycles. The van der Waals surface area contributed by atoms with Crippen molar-refractivity contribution in [2.24, 2.45) is 0 Å². The summed E-state index contributed by atoms with van der Waals surface area (Å²) in [7, 11) is 0. The molecule has 0 aliphatic carbocycles. The van der Waals surface area contributed by atoms with E-state index in [-0.39, 0.29) is 5.56 Å². The Morgan fingerprint density at radius 2 is 1.90 bits per heavy atom. The van der Waals surface area contributed by atoms with Crippen molar-refractivity contribution in [3.63, 3.8) is 0 Å². The maximum atomic E-state index is 12.8. The number of nitrogens with zero attached hydrogens (tertiary/aromatic N) is 2. The molecule has 0 heterocycles. The Bertz CT molecular complexity index is 558. The van der Waals surface area contributed by atoms with E-state index in [2.05, 4.69) is 9.53 Å². The van der Waals surface area contributed by atoms with Crippen LogP contribution in [0.4, 0.5) is 17.6 Å². The van der Waals surface area contributed by atoms with Crippen molar-refractivity contribution in [2.75, 3.05) is 6.61 Å². The van der Waals surface area contributed by atoms with E-state index in [9.17, 15) is 22.4 Å². The van der Waals surface area contributed by atoms with Crippen molar-refractivity contribution in [3.8, 4) is 0 Å². The largest absolute Gasteiger partial charge is 0.453 e. The minimum Gasteiger partial charge on any atom is -0.453 e. The standard InChI is InChI=1S/C12H8F4N2O2/c13-9-3-1-8(2-4-9)10(12(14,15)16)5-6-20-11(19)7-18-17/h1-5,7H,6H2/b10-5-. The third-order valence-electron chi connectivity index (χ3n) is 2.14. The second-order valence-electron chi connectivity index (χ2n) is 3.50. The molecule has 1 aromatic rings. The van der Waals surface area contributed by atoms with Gasteiger partial charge in [-0.05, 0) is 23.8 Å². The van der Waals surface area contributed by atoms with E-state index >= 15 is 0 Å². The molecule has 0 bridgehead atoms. The van der Waals surface area contributed by atoms with Crippen LogP contribution in [0.1, 0.15) is 5.56 Å². The van der Waals surface area contributed by atoms with Crippen molar-refractivity contribution in [3.05, 3.63) is 47.3 Å². The number of rotatable bonds is 4. The van der Waals surface area contributed by atoms with Gasteiger partial charge in [0.15, 0.2) is 0 Å². The van der Waals surface area contributed by atoms with E-state index in [1.807, 2.05) is 0 Å². The van der Waals surface area contributed by atoms with Gasteiger partial charge in [0.25, 0.3) is 0 Å². The smallest absolute Gasteiger partial charge is 0.416 e. The van der Waals surface area contributed by atoms with Gasteiger partial charge in [0.05, 0.1) is 5.57 Å². The Morgan fingerprint density at radius 3 is 2.40 bits per heavy atom. The number of benzene rings is 1. The van der Waals surface area contributed by atoms with Crippen LogP contribution in [0.15, 0.2) is 30.3 Å². The third kappa shape index (κ3) is 4.66. The molecule has 0 aliphatic heterocycles. The van der Waals surface area contributed by atoms with Crippen LogP contribution in [0.2, 0.25) is 0 Å². The van der Waals surface area contributed by atoms with Crippen molar-refractivity contribution >= 4 is 17.8 Å². The monoisotopic (exact) mass is 288 g/mol.